The largest absolute Gasteiger partial charge is 0.339 e. The van der Waals surface area contributed by atoms with Gasteiger partial charge in [-0.1, -0.05) is 0 Å². The molecule has 2 aliphatic heterocycles. The van der Waals surface area contributed by atoms with Crippen LogP contribution in [-0.2, 0) is 22.7 Å². The Labute approximate surface area is 147 Å². The molecule has 0 aromatic carbocycles. The molecule has 2 fully saturated rings. The van der Waals surface area contributed by atoms with E-state index < -0.39 is 0 Å². The van der Waals surface area contributed by atoms with Gasteiger partial charge in [-0.3, -0.25) is 14.5 Å². The second-order valence-corrected chi connectivity index (χ2v) is 7.38. The number of hydrogen-bond acceptors (Lipinski definition) is 5. The van der Waals surface area contributed by atoms with Gasteiger partial charge in [-0.25, -0.2) is 0 Å². The van der Waals surface area contributed by atoms with Crippen LogP contribution in [0.15, 0.2) is 0 Å². The van der Waals surface area contributed by atoms with Gasteiger partial charge in [0.15, 0.2) is 0 Å². The molecule has 25 heavy (non-hydrogen) atoms. The minimum Gasteiger partial charge on any atom is -0.339 e. The van der Waals surface area contributed by atoms with E-state index in [1.807, 2.05) is 11.8 Å². The van der Waals surface area contributed by atoms with Gasteiger partial charge in [0.05, 0.1) is 12.6 Å². The molecule has 1 saturated heterocycles. The van der Waals surface area contributed by atoms with Crippen LogP contribution in [0.5, 0.6) is 0 Å². The number of nitrogens with zero attached hydrogens (tertiary/aromatic N) is 6. The van der Waals surface area contributed by atoms with Crippen LogP contribution in [0.4, 0.5) is 0 Å². The van der Waals surface area contributed by atoms with Crippen molar-refractivity contribution in [3.8, 4) is 0 Å². The van der Waals surface area contributed by atoms with Crippen LogP contribution in [0.1, 0.15) is 44.3 Å². The lowest BCUT2D eigenvalue weighted by atomic mass is 10.2. The van der Waals surface area contributed by atoms with Crippen molar-refractivity contribution in [2.24, 2.45) is 0 Å². The van der Waals surface area contributed by atoms with Crippen molar-refractivity contribution in [3.05, 3.63) is 11.6 Å². The summed E-state index contributed by atoms with van der Waals surface area (Å²) in [6.45, 7) is 8.47. The SMILES string of the molecule is CC(=O)N1CCN(C(=O)[C@@H](C)N2CCn3c(nnc3C3CC3)C2)CC1. The van der Waals surface area contributed by atoms with Crippen LogP contribution in [0, 0.1) is 0 Å². The van der Waals surface area contributed by atoms with Crippen molar-refractivity contribution < 1.29 is 9.59 Å². The van der Waals surface area contributed by atoms with Crippen molar-refractivity contribution in [1.29, 1.82) is 0 Å². The second kappa shape index (κ2) is 6.40. The van der Waals surface area contributed by atoms with E-state index in [4.69, 9.17) is 0 Å². The summed E-state index contributed by atoms with van der Waals surface area (Å²) in [6.07, 6.45) is 2.45. The van der Waals surface area contributed by atoms with Gasteiger partial charge in [-0.15, -0.1) is 10.2 Å². The van der Waals surface area contributed by atoms with Gasteiger partial charge in [-0.2, -0.15) is 0 Å². The van der Waals surface area contributed by atoms with Crippen LogP contribution < -0.4 is 0 Å². The third-order valence-corrected chi connectivity index (χ3v) is 5.70. The molecule has 8 heteroatoms. The molecule has 0 N–H and O–H groups in total. The lowest BCUT2D eigenvalue weighted by Gasteiger charge is -2.38. The van der Waals surface area contributed by atoms with Crippen LogP contribution >= 0.6 is 0 Å². The number of fused-ring (bicyclic) bond motifs is 1. The topological polar surface area (TPSA) is 74.6 Å². The summed E-state index contributed by atoms with van der Waals surface area (Å²) in [7, 11) is 0. The van der Waals surface area contributed by atoms with E-state index in [9.17, 15) is 9.59 Å². The average Bonchev–Trinajstić information content (AvgIpc) is 3.39. The molecule has 136 valence electrons. The fourth-order valence-corrected chi connectivity index (χ4v) is 3.84. The summed E-state index contributed by atoms with van der Waals surface area (Å²) in [5.74, 6) is 2.95. The Morgan fingerprint density at radius 2 is 1.68 bits per heavy atom. The van der Waals surface area contributed by atoms with Gasteiger partial charge in [0.2, 0.25) is 11.8 Å². The summed E-state index contributed by atoms with van der Waals surface area (Å²) in [4.78, 5) is 30.2. The van der Waals surface area contributed by atoms with Crippen LogP contribution in [0.3, 0.4) is 0 Å². The molecule has 8 nitrogen and oxygen atoms in total. The van der Waals surface area contributed by atoms with Crippen molar-refractivity contribution in [1.82, 2.24) is 29.5 Å². The van der Waals surface area contributed by atoms with E-state index in [0.29, 0.717) is 38.6 Å². The molecular weight excluding hydrogens is 320 g/mol. The predicted octanol–water partition coefficient (Wildman–Crippen LogP) is 0.0503. The molecule has 3 aliphatic rings. The number of rotatable bonds is 3. The lowest BCUT2D eigenvalue weighted by Crippen LogP contribution is -2.55. The van der Waals surface area contributed by atoms with Crippen molar-refractivity contribution in [2.45, 2.75) is 51.7 Å². The van der Waals surface area contributed by atoms with E-state index in [1.165, 1.54) is 12.8 Å². The number of piperazine rings is 1. The van der Waals surface area contributed by atoms with Crippen molar-refractivity contribution in [2.75, 3.05) is 32.7 Å². The summed E-state index contributed by atoms with van der Waals surface area (Å²) < 4.78 is 2.25. The Hall–Kier alpha value is -1.96. The first-order chi connectivity index (χ1) is 12.0. The highest BCUT2D eigenvalue weighted by Crippen LogP contribution is 2.39. The van der Waals surface area contributed by atoms with Gasteiger partial charge in [-0.05, 0) is 19.8 Å². The highest BCUT2D eigenvalue weighted by molar-refractivity contribution is 5.82. The standard InChI is InChI=1S/C17H26N6O2/c1-12(17(25)21-7-5-20(6-8-21)13(2)24)22-9-10-23-15(11-22)18-19-16(23)14-3-4-14/h12,14H,3-11H2,1-2H3/t12-/m1/s1. The maximum atomic E-state index is 12.8. The zero-order valence-electron chi connectivity index (χ0n) is 15.0. The van der Waals surface area contributed by atoms with Gasteiger partial charge in [0.1, 0.15) is 11.6 Å². The molecule has 3 heterocycles. The first-order valence-corrected chi connectivity index (χ1v) is 9.25. The molecule has 0 bridgehead atoms. The Kier molecular flexibility index (Phi) is 4.23. The van der Waals surface area contributed by atoms with E-state index in [1.54, 1.807) is 11.8 Å². The van der Waals surface area contributed by atoms with Crippen molar-refractivity contribution >= 4 is 11.8 Å². The van der Waals surface area contributed by atoms with E-state index in [0.717, 1.165) is 24.7 Å². The van der Waals surface area contributed by atoms with E-state index in [2.05, 4.69) is 19.7 Å². The Bertz CT molecular complexity index is 675. The van der Waals surface area contributed by atoms with Gasteiger partial charge in [0, 0.05) is 52.1 Å². The Morgan fingerprint density at radius 1 is 1.00 bits per heavy atom. The monoisotopic (exact) mass is 346 g/mol. The first-order valence-electron chi connectivity index (χ1n) is 9.25. The fraction of sp³-hybridized carbons (Fsp3) is 0.765. The molecule has 1 aromatic rings. The smallest absolute Gasteiger partial charge is 0.239 e. The zero-order chi connectivity index (χ0) is 17.6. The molecule has 1 atom stereocenters. The number of amides is 2. The quantitative estimate of drug-likeness (QED) is 0.773. The third-order valence-electron chi connectivity index (χ3n) is 5.70. The van der Waals surface area contributed by atoms with Crippen LogP contribution in [0.2, 0.25) is 0 Å². The highest BCUT2D eigenvalue weighted by atomic mass is 16.2. The normalized spacial score (nSPS) is 22.6. The average molecular weight is 346 g/mol. The molecule has 1 aliphatic carbocycles. The summed E-state index contributed by atoms with van der Waals surface area (Å²) in [6, 6.07) is -0.168. The molecular formula is C17H26N6O2. The number of carbonyl (C=O) groups excluding carboxylic acids is 2. The summed E-state index contributed by atoms with van der Waals surface area (Å²) in [5.41, 5.74) is 0. The highest BCUT2D eigenvalue weighted by Gasteiger charge is 2.35. The molecule has 1 aromatic heterocycles. The minimum atomic E-state index is -0.168. The zero-order valence-corrected chi connectivity index (χ0v) is 15.0. The van der Waals surface area contributed by atoms with Gasteiger partial charge in [0.25, 0.3) is 0 Å². The molecule has 1 saturated carbocycles. The van der Waals surface area contributed by atoms with Crippen LogP contribution in [-0.4, -0.2) is 80.0 Å². The number of carbonyl (C=O) groups is 2. The van der Waals surface area contributed by atoms with E-state index in [-0.39, 0.29) is 17.9 Å². The fourth-order valence-electron chi connectivity index (χ4n) is 3.84. The second-order valence-electron chi connectivity index (χ2n) is 7.38. The van der Waals surface area contributed by atoms with E-state index >= 15 is 0 Å². The van der Waals surface area contributed by atoms with Crippen LogP contribution in [0.25, 0.3) is 0 Å². The first kappa shape index (κ1) is 16.5. The van der Waals surface area contributed by atoms with Gasteiger partial charge >= 0.3 is 0 Å². The number of hydrogen-bond donors (Lipinski definition) is 0. The molecule has 2 amide bonds. The molecule has 0 radical (unpaired) electrons. The maximum Gasteiger partial charge on any atom is 0.239 e. The minimum absolute atomic E-state index is 0.0852. The summed E-state index contributed by atoms with van der Waals surface area (Å²) >= 11 is 0. The van der Waals surface area contributed by atoms with Crippen molar-refractivity contribution in [3.63, 3.8) is 0 Å². The Balaban J connectivity index is 1.37. The summed E-state index contributed by atoms with van der Waals surface area (Å²) in [5, 5.41) is 8.72. The maximum absolute atomic E-state index is 12.8. The third kappa shape index (κ3) is 3.15. The predicted molar refractivity (Wildman–Crippen MR) is 90.7 cm³/mol. The molecule has 0 spiro atoms. The lowest BCUT2D eigenvalue weighted by molar-refractivity contribution is -0.142. The Morgan fingerprint density at radius 3 is 2.32 bits per heavy atom. The molecule has 0 unspecified atom stereocenters. The molecule has 4 rings (SSSR count). The number of aromatic nitrogens is 3. The van der Waals surface area contributed by atoms with Gasteiger partial charge < -0.3 is 14.4 Å².